The molecule has 0 spiro atoms. The first-order valence-corrected chi connectivity index (χ1v) is 15.7. The monoisotopic (exact) mass is 412 g/mol. The molecule has 19 heavy (non-hydrogen) atoms. The maximum atomic E-state index is 6.69. The lowest BCUT2D eigenvalue weighted by Gasteiger charge is -2.40. The summed E-state index contributed by atoms with van der Waals surface area (Å²) in [5, 5.41) is 0. The van der Waals surface area contributed by atoms with E-state index in [1.54, 1.807) is 0 Å². The Morgan fingerprint density at radius 3 is 2.00 bits per heavy atom. The number of hydrogen-bond donors (Lipinski definition) is 0. The van der Waals surface area contributed by atoms with E-state index in [0.29, 0.717) is 0 Å². The molecule has 1 atom stereocenters. The lowest BCUT2D eigenvalue weighted by atomic mass is 10.1. The van der Waals surface area contributed by atoms with Crippen LogP contribution >= 0.6 is 67.0 Å². The lowest BCUT2D eigenvalue weighted by Crippen LogP contribution is -2.46. The van der Waals surface area contributed by atoms with Crippen LogP contribution in [0.25, 0.3) is 0 Å². The van der Waals surface area contributed by atoms with E-state index in [0.717, 1.165) is 30.9 Å². The minimum absolute atomic E-state index is 0.490. The maximum Gasteiger partial charge on any atom is 0.326 e. The summed E-state index contributed by atoms with van der Waals surface area (Å²) in [7, 11) is 0. The van der Waals surface area contributed by atoms with Crippen LogP contribution in [0.5, 0.6) is 0 Å². The van der Waals surface area contributed by atoms with E-state index in [2.05, 4.69) is 0 Å². The largest absolute Gasteiger partial charge is 0.326 e. The van der Waals surface area contributed by atoms with Gasteiger partial charge in [-0.15, -0.1) is 67.0 Å². The van der Waals surface area contributed by atoms with Gasteiger partial charge in [0.2, 0.25) is 0 Å². The van der Waals surface area contributed by atoms with Gasteiger partial charge in [-0.05, 0) is 18.0 Å². The van der Waals surface area contributed by atoms with Crippen molar-refractivity contribution in [3.05, 3.63) is 35.9 Å². The molecule has 1 aliphatic rings. The Bertz CT molecular complexity index is 383. The van der Waals surface area contributed by atoms with Crippen molar-refractivity contribution in [2.24, 2.45) is 0 Å². The third kappa shape index (κ3) is 5.26. The van der Waals surface area contributed by atoms with Gasteiger partial charge >= 0.3 is 6.73 Å². The van der Waals surface area contributed by atoms with E-state index in [4.69, 9.17) is 67.0 Å². The molecule has 0 aliphatic carbocycles. The minimum atomic E-state index is -2.38. The molecule has 0 bridgehead atoms. The lowest BCUT2D eigenvalue weighted by molar-refractivity contribution is 0.608. The first-order valence-electron chi connectivity index (χ1n) is 5.84. The van der Waals surface area contributed by atoms with Crippen LogP contribution in [0.2, 0.25) is 6.04 Å². The third-order valence-electron chi connectivity index (χ3n) is 3.07. The highest BCUT2D eigenvalue weighted by atomic mass is 35.8. The third-order valence-corrected chi connectivity index (χ3v) is 10.8. The maximum absolute atomic E-state index is 6.69. The summed E-state index contributed by atoms with van der Waals surface area (Å²) in [6.45, 7) is -4.10. The van der Waals surface area contributed by atoms with Gasteiger partial charge in [-0.1, -0.05) is 43.2 Å². The van der Waals surface area contributed by atoms with Gasteiger partial charge in [0.25, 0.3) is 6.69 Å². The fourth-order valence-corrected chi connectivity index (χ4v) is 6.94. The quantitative estimate of drug-likeness (QED) is 0.292. The first kappa shape index (κ1) is 18.4. The zero-order valence-corrected chi connectivity index (χ0v) is 16.8. The highest BCUT2D eigenvalue weighted by Gasteiger charge is 2.53. The van der Waals surface area contributed by atoms with Crippen LogP contribution in [0.15, 0.2) is 30.3 Å². The van der Waals surface area contributed by atoms with Crippen molar-refractivity contribution in [1.29, 1.82) is 0 Å². The zero-order valence-electron chi connectivity index (χ0n) is 10.1. The summed E-state index contributed by atoms with van der Waals surface area (Å²) >= 11 is 34.5. The molecule has 1 saturated heterocycles. The van der Waals surface area contributed by atoms with E-state index in [9.17, 15) is 0 Å². The molecule has 1 unspecified atom stereocenters. The first-order chi connectivity index (χ1) is 8.79. The van der Waals surface area contributed by atoms with Crippen molar-refractivity contribution in [3.8, 4) is 0 Å². The summed E-state index contributed by atoms with van der Waals surface area (Å²) in [5.41, 5.74) is 1.09. The van der Waals surface area contributed by atoms with Gasteiger partial charge in [-0.2, -0.15) is 0 Å². The van der Waals surface area contributed by atoms with Crippen LogP contribution in [0.4, 0.5) is 0 Å². The van der Waals surface area contributed by atoms with Crippen molar-refractivity contribution in [2.75, 3.05) is 0 Å². The standard InChI is InChI=1S/C11H13Cl3Si.Cl3HSi/c12-11(10-6-2-1-3-7-10)8-4-5-9-15(11,13)14;1-4(2)3/h1-3,6-7H,4-5,8-9H2;4H. The van der Waals surface area contributed by atoms with Crippen LogP contribution < -0.4 is 0 Å². The molecule has 1 aromatic carbocycles. The van der Waals surface area contributed by atoms with Crippen LogP contribution in [0.3, 0.4) is 0 Å². The number of halogens is 6. The van der Waals surface area contributed by atoms with E-state index < -0.39 is 17.9 Å². The van der Waals surface area contributed by atoms with Gasteiger partial charge in [0.15, 0.2) is 0 Å². The SMILES string of the molecule is ClC1(c2ccccc2)CCCC[Si]1(Cl)Cl.Cl[SiH](Cl)Cl. The normalized spacial score (nSPS) is 25.6. The molecule has 1 aliphatic heterocycles. The molecule has 2 rings (SSSR count). The van der Waals surface area contributed by atoms with E-state index in [1.807, 2.05) is 30.3 Å². The molecule has 0 nitrogen and oxygen atoms in total. The molecule has 0 N–H and O–H groups in total. The van der Waals surface area contributed by atoms with E-state index in [-0.39, 0.29) is 0 Å². The van der Waals surface area contributed by atoms with E-state index in [1.165, 1.54) is 0 Å². The van der Waals surface area contributed by atoms with Crippen molar-refractivity contribution in [2.45, 2.75) is 29.8 Å². The topological polar surface area (TPSA) is 0 Å². The van der Waals surface area contributed by atoms with Crippen molar-refractivity contribution in [3.63, 3.8) is 0 Å². The molecule has 1 fully saturated rings. The summed E-state index contributed by atoms with van der Waals surface area (Å²) in [6.07, 6.45) is 3.13. The van der Waals surface area contributed by atoms with Crippen molar-refractivity contribution < 1.29 is 0 Å². The Labute approximate surface area is 145 Å². The highest BCUT2D eigenvalue weighted by molar-refractivity contribution is 7.54. The second-order valence-electron chi connectivity index (χ2n) is 4.33. The predicted molar refractivity (Wildman–Crippen MR) is 94.8 cm³/mol. The Balaban J connectivity index is 0.000000399. The molecule has 0 amide bonds. The molecule has 1 heterocycles. The number of hydrogen-bond acceptors (Lipinski definition) is 0. The summed E-state index contributed by atoms with van der Waals surface area (Å²) < 4.78 is -0.490. The van der Waals surface area contributed by atoms with Gasteiger partial charge in [-0.25, -0.2) is 0 Å². The molecule has 8 heteroatoms. The molecule has 0 radical (unpaired) electrons. The number of benzene rings is 1. The van der Waals surface area contributed by atoms with Gasteiger partial charge < -0.3 is 0 Å². The zero-order chi connectivity index (χ0) is 14.5. The highest BCUT2D eigenvalue weighted by Crippen LogP contribution is 2.52. The number of rotatable bonds is 1. The summed E-state index contributed by atoms with van der Waals surface area (Å²) in [5.74, 6) is 0. The summed E-state index contributed by atoms with van der Waals surface area (Å²) in [6, 6.07) is 10.9. The summed E-state index contributed by atoms with van der Waals surface area (Å²) in [4.78, 5) is 0. The molecule has 0 aromatic heterocycles. The number of alkyl halides is 1. The molecule has 0 saturated carbocycles. The fourth-order valence-electron chi connectivity index (χ4n) is 2.15. The Kier molecular flexibility index (Phi) is 7.90. The van der Waals surface area contributed by atoms with Gasteiger partial charge in [-0.3, -0.25) is 0 Å². The Morgan fingerprint density at radius 1 is 1.00 bits per heavy atom. The van der Waals surface area contributed by atoms with Crippen LogP contribution in [-0.4, -0.2) is 13.4 Å². The Hall–Kier alpha value is 1.39. The van der Waals surface area contributed by atoms with E-state index >= 15 is 0 Å². The Morgan fingerprint density at radius 2 is 1.53 bits per heavy atom. The fraction of sp³-hybridized carbons (Fsp3) is 0.455. The van der Waals surface area contributed by atoms with Crippen LogP contribution in [0.1, 0.15) is 24.8 Å². The second kappa shape index (κ2) is 8.14. The average Bonchev–Trinajstić information content (AvgIpc) is 2.33. The minimum Gasteiger partial charge on any atom is -0.144 e. The van der Waals surface area contributed by atoms with Crippen molar-refractivity contribution in [1.82, 2.24) is 0 Å². The van der Waals surface area contributed by atoms with Crippen molar-refractivity contribution >= 4 is 80.4 Å². The smallest absolute Gasteiger partial charge is 0.144 e. The molecular formula is C11H14Cl6Si2. The van der Waals surface area contributed by atoms with Gasteiger partial charge in [0, 0.05) is 0 Å². The van der Waals surface area contributed by atoms with Crippen LogP contribution in [0, 0.1) is 0 Å². The average molecular weight is 415 g/mol. The molecule has 108 valence electrons. The van der Waals surface area contributed by atoms with Crippen LogP contribution in [-0.2, 0) is 4.50 Å². The van der Waals surface area contributed by atoms with Gasteiger partial charge in [0.05, 0.1) is 4.50 Å². The predicted octanol–water partition coefficient (Wildman–Crippen LogP) is 6.18. The molecule has 1 aromatic rings. The van der Waals surface area contributed by atoms with Gasteiger partial charge in [0.1, 0.15) is 0 Å². The molecular weight excluding hydrogens is 401 g/mol. The second-order valence-corrected chi connectivity index (χ2v) is 18.9.